The highest BCUT2D eigenvalue weighted by atomic mass is 16.4. The van der Waals surface area contributed by atoms with Crippen LogP contribution in [0, 0.1) is 13.8 Å². The number of amides is 1. The summed E-state index contributed by atoms with van der Waals surface area (Å²) >= 11 is 0. The summed E-state index contributed by atoms with van der Waals surface area (Å²) in [5.41, 5.74) is 8.53. The lowest BCUT2D eigenvalue weighted by atomic mass is 10.1. The molecule has 0 radical (unpaired) electrons. The van der Waals surface area contributed by atoms with Crippen molar-refractivity contribution in [3.63, 3.8) is 0 Å². The maximum absolute atomic E-state index is 12.2. The number of carbonyl (C=O) groups excluding carboxylic acids is 1. The Morgan fingerprint density at radius 2 is 2.10 bits per heavy atom. The average molecular weight is 273 g/mol. The molecule has 0 aliphatic rings. The number of hydrogen-bond acceptors (Lipinski definition) is 4. The highest BCUT2D eigenvalue weighted by molar-refractivity contribution is 6.07. The Morgan fingerprint density at radius 3 is 2.70 bits per heavy atom. The van der Waals surface area contributed by atoms with Crippen molar-refractivity contribution in [1.29, 1.82) is 0 Å². The van der Waals surface area contributed by atoms with Crippen molar-refractivity contribution in [3.05, 3.63) is 46.8 Å². The van der Waals surface area contributed by atoms with Gasteiger partial charge in [-0.25, -0.2) is 0 Å². The molecule has 0 spiro atoms. The van der Waals surface area contributed by atoms with Gasteiger partial charge in [-0.05, 0) is 26.0 Å². The predicted molar refractivity (Wildman–Crippen MR) is 75.0 cm³/mol. The smallest absolute Gasteiger partial charge is 0.255 e. The maximum Gasteiger partial charge on any atom is 0.255 e. The number of anilines is 1. The first-order valence-electron chi connectivity index (χ1n) is 5.93. The van der Waals surface area contributed by atoms with Gasteiger partial charge in [0.2, 0.25) is 0 Å². The normalized spacial score (nSPS) is 11.4. The van der Waals surface area contributed by atoms with Crippen LogP contribution < -0.4 is 11.1 Å². The SMILES string of the molecule is Cc1n[nH]c(C)c1NC(=O)c1cccc(/C(N)=N/O)c1. The van der Waals surface area contributed by atoms with Gasteiger partial charge in [-0.15, -0.1) is 0 Å². The van der Waals surface area contributed by atoms with Crippen molar-refractivity contribution >= 4 is 17.4 Å². The zero-order valence-electron chi connectivity index (χ0n) is 11.1. The summed E-state index contributed by atoms with van der Waals surface area (Å²) in [6, 6.07) is 6.51. The second kappa shape index (κ2) is 5.43. The van der Waals surface area contributed by atoms with Gasteiger partial charge in [0.25, 0.3) is 5.91 Å². The molecule has 7 nitrogen and oxygen atoms in total. The molecule has 20 heavy (non-hydrogen) atoms. The quantitative estimate of drug-likeness (QED) is 0.292. The third-order valence-corrected chi connectivity index (χ3v) is 2.89. The van der Waals surface area contributed by atoms with Crippen molar-refractivity contribution in [2.24, 2.45) is 10.9 Å². The summed E-state index contributed by atoms with van der Waals surface area (Å²) < 4.78 is 0. The van der Waals surface area contributed by atoms with Crippen LogP contribution in [-0.4, -0.2) is 27.1 Å². The summed E-state index contributed by atoms with van der Waals surface area (Å²) in [4.78, 5) is 12.2. The molecular weight excluding hydrogens is 258 g/mol. The number of aryl methyl sites for hydroxylation is 2. The Bertz CT molecular complexity index is 656. The maximum atomic E-state index is 12.2. The largest absolute Gasteiger partial charge is 0.409 e. The number of amidine groups is 1. The van der Waals surface area contributed by atoms with Crippen LogP contribution in [0.5, 0.6) is 0 Å². The Morgan fingerprint density at radius 1 is 1.40 bits per heavy atom. The van der Waals surface area contributed by atoms with E-state index in [0.29, 0.717) is 22.5 Å². The van der Waals surface area contributed by atoms with Crippen molar-refractivity contribution < 1.29 is 10.0 Å². The molecule has 1 aromatic heterocycles. The van der Waals surface area contributed by atoms with E-state index >= 15 is 0 Å². The van der Waals surface area contributed by atoms with E-state index in [4.69, 9.17) is 10.9 Å². The highest BCUT2D eigenvalue weighted by Gasteiger charge is 2.12. The first kappa shape index (κ1) is 13.6. The van der Waals surface area contributed by atoms with Crippen molar-refractivity contribution in [1.82, 2.24) is 10.2 Å². The molecule has 1 aromatic carbocycles. The van der Waals surface area contributed by atoms with Crippen LogP contribution in [0.1, 0.15) is 27.3 Å². The number of rotatable bonds is 3. The molecule has 5 N–H and O–H groups in total. The third kappa shape index (κ3) is 2.61. The summed E-state index contributed by atoms with van der Waals surface area (Å²) in [6.07, 6.45) is 0. The molecule has 0 atom stereocenters. The average Bonchev–Trinajstić information content (AvgIpc) is 2.78. The number of nitrogens with two attached hydrogens (primary N) is 1. The van der Waals surface area contributed by atoms with Gasteiger partial charge >= 0.3 is 0 Å². The number of oxime groups is 1. The van der Waals surface area contributed by atoms with E-state index in [1.54, 1.807) is 31.2 Å². The summed E-state index contributed by atoms with van der Waals surface area (Å²) in [5.74, 6) is -0.333. The Hall–Kier alpha value is -2.83. The summed E-state index contributed by atoms with van der Waals surface area (Å²) in [5, 5.41) is 21.1. The van der Waals surface area contributed by atoms with Gasteiger partial charge in [0.15, 0.2) is 5.84 Å². The highest BCUT2D eigenvalue weighted by Crippen LogP contribution is 2.17. The minimum Gasteiger partial charge on any atom is -0.409 e. The lowest BCUT2D eigenvalue weighted by Crippen LogP contribution is -2.16. The molecule has 0 bridgehead atoms. The molecule has 2 aromatic rings. The van der Waals surface area contributed by atoms with E-state index in [2.05, 4.69) is 20.7 Å². The zero-order valence-corrected chi connectivity index (χ0v) is 11.1. The van der Waals surface area contributed by atoms with E-state index in [1.807, 2.05) is 6.92 Å². The molecule has 0 fully saturated rings. The number of H-pyrrole nitrogens is 1. The predicted octanol–water partition coefficient (Wildman–Crippen LogP) is 1.37. The van der Waals surface area contributed by atoms with Crippen molar-refractivity contribution in [2.75, 3.05) is 5.32 Å². The number of nitrogens with zero attached hydrogens (tertiary/aromatic N) is 2. The standard InChI is InChI=1S/C13H15N5O2/c1-7-11(8(2)17-16-7)15-13(19)10-5-3-4-9(6-10)12(14)18-20/h3-6,20H,1-2H3,(H2,14,18)(H,15,19)(H,16,17). The van der Waals surface area contributed by atoms with Crippen molar-refractivity contribution in [3.8, 4) is 0 Å². The molecule has 1 amide bonds. The van der Waals surface area contributed by atoms with E-state index in [1.165, 1.54) is 0 Å². The van der Waals surface area contributed by atoms with Crippen LogP contribution >= 0.6 is 0 Å². The van der Waals surface area contributed by atoms with Gasteiger partial charge < -0.3 is 16.3 Å². The topological polar surface area (TPSA) is 116 Å². The molecule has 0 aliphatic carbocycles. The molecule has 0 unspecified atom stereocenters. The van der Waals surface area contributed by atoms with Gasteiger partial charge in [-0.1, -0.05) is 17.3 Å². The second-order valence-corrected chi connectivity index (χ2v) is 4.33. The number of aromatic amines is 1. The molecule has 104 valence electrons. The Balaban J connectivity index is 2.26. The second-order valence-electron chi connectivity index (χ2n) is 4.33. The van der Waals surface area contributed by atoms with E-state index in [0.717, 1.165) is 5.69 Å². The van der Waals surface area contributed by atoms with E-state index < -0.39 is 0 Å². The van der Waals surface area contributed by atoms with E-state index in [9.17, 15) is 4.79 Å². The molecule has 0 saturated heterocycles. The van der Waals surface area contributed by atoms with Crippen molar-refractivity contribution in [2.45, 2.75) is 13.8 Å². The Labute approximate surface area is 115 Å². The minimum atomic E-state index is -0.287. The molecule has 7 heteroatoms. The van der Waals surface area contributed by atoms with Crippen LogP contribution in [0.4, 0.5) is 5.69 Å². The first-order valence-corrected chi connectivity index (χ1v) is 5.93. The number of nitrogens with one attached hydrogen (secondary N) is 2. The number of hydrogen-bond donors (Lipinski definition) is 4. The monoisotopic (exact) mass is 273 g/mol. The molecular formula is C13H15N5O2. The van der Waals surface area contributed by atoms with Gasteiger partial charge in [-0.2, -0.15) is 5.10 Å². The van der Waals surface area contributed by atoms with Crippen LogP contribution in [-0.2, 0) is 0 Å². The van der Waals surface area contributed by atoms with E-state index in [-0.39, 0.29) is 11.7 Å². The summed E-state index contributed by atoms with van der Waals surface area (Å²) in [6.45, 7) is 3.62. The van der Waals surface area contributed by atoms with Crippen LogP contribution in [0.3, 0.4) is 0 Å². The lowest BCUT2D eigenvalue weighted by molar-refractivity contribution is 0.102. The molecule has 2 rings (SSSR count). The number of benzene rings is 1. The number of aromatic nitrogens is 2. The van der Waals surface area contributed by atoms with Gasteiger partial charge in [0, 0.05) is 11.1 Å². The lowest BCUT2D eigenvalue weighted by Gasteiger charge is -2.06. The molecule has 0 saturated carbocycles. The molecule has 1 heterocycles. The fraction of sp³-hybridized carbons (Fsp3) is 0.154. The Kier molecular flexibility index (Phi) is 3.69. The van der Waals surface area contributed by atoms with Gasteiger partial charge in [-0.3, -0.25) is 9.89 Å². The summed E-state index contributed by atoms with van der Waals surface area (Å²) in [7, 11) is 0. The van der Waals surface area contributed by atoms with Crippen LogP contribution in [0.25, 0.3) is 0 Å². The zero-order chi connectivity index (χ0) is 14.7. The van der Waals surface area contributed by atoms with Gasteiger partial charge in [0.05, 0.1) is 17.1 Å². The number of carbonyl (C=O) groups is 1. The van der Waals surface area contributed by atoms with Gasteiger partial charge in [0.1, 0.15) is 0 Å². The fourth-order valence-corrected chi connectivity index (χ4v) is 1.80. The fourth-order valence-electron chi connectivity index (χ4n) is 1.80. The molecule has 0 aliphatic heterocycles. The third-order valence-electron chi connectivity index (χ3n) is 2.89. The first-order chi connectivity index (χ1) is 9.52. The van der Waals surface area contributed by atoms with Crippen LogP contribution in [0.15, 0.2) is 29.4 Å². The van der Waals surface area contributed by atoms with Crippen LogP contribution in [0.2, 0.25) is 0 Å². The minimum absolute atomic E-state index is 0.0460.